The highest BCUT2D eigenvalue weighted by Gasteiger charge is 2.36. The standard InChI is InChI=1S/C15H15BrN2O6S2/c16-10-14(25(20,21)12-4-2-1-3-5-12)15(19)18(17)11-6-8-13(9-7-11)26(22,23)24/h1-9,14H,10,17H2,(H,22,23,24). The van der Waals surface area contributed by atoms with Crippen molar-refractivity contribution in [1.29, 1.82) is 0 Å². The molecule has 0 spiro atoms. The zero-order valence-electron chi connectivity index (χ0n) is 13.2. The van der Waals surface area contributed by atoms with Crippen LogP contribution in [-0.2, 0) is 24.7 Å². The van der Waals surface area contributed by atoms with Crippen LogP contribution in [0.3, 0.4) is 0 Å². The van der Waals surface area contributed by atoms with Gasteiger partial charge in [0, 0.05) is 5.33 Å². The molecule has 2 aromatic rings. The molecule has 0 aliphatic heterocycles. The Kier molecular flexibility index (Phi) is 6.19. The summed E-state index contributed by atoms with van der Waals surface area (Å²) < 4.78 is 56.4. The van der Waals surface area contributed by atoms with E-state index in [1.807, 2.05) is 0 Å². The van der Waals surface area contributed by atoms with Crippen molar-refractivity contribution in [2.24, 2.45) is 5.84 Å². The first kappa shape index (κ1) is 20.5. The highest BCUT2D eigenvalue weighted by atomic mass is 79.9. The Bertz CT molecular complexity index is 992. The van der Waals surface area contributed by atoms with E-state index in [1.54, 1.807) is 6.07 Å². The van der Waals surface area contributed by atoms with E-state index in [2.05, 4.69) is 15.9 Å². The van der Waals surface area contributed by atoms with Gasteiger partial charge in [0.05, 0.1) is 15.5 Å². The lowest BCUT2D eigenvalue weighted by Crippen LogP contribution is -2.48. The smallest absolute Gasteiger partial charge is 0.282 e. The average molecular weight is 463 g/mol. The Labute approximate surface area is 159 Å². The number of carbonyl (C=O) groups excluding carboxylic acids is 1. The van der Waals surface area contributed by atoms with E-state index in [4.69, 9.17) is 10.4 Å². The molecule has 11 heteroatoms. The molecule has 0 saturated heterocycles. The highest BCUT2D eigenvalue weighted by Crippen LogP contribution is 2.22. The van der Waals surface area contributed by atoms with Crippen LogP contribution in [0.4, 0.5) is 5.69 Å². The lowest BCUT2D eigenvalue weighted by atomic mass is 10.3. The van der Waals surface area contributed by atoms with Crippen LogP contribution in [0.15, 0.2) is 64.4 Å². The van der Waals surface area contributed by atoms with Crippen molar-refractivity contribution >= 4 is 47.5 Å². The van der Waals surface area contributed by atoms with E-state index in [9.17, 15) is 21.6 Å². The molecular formula is C15H15BrN2O6S2. The lowest BCUT2D eigenvalue weighted by Gasteiger charge is -2.22. The average Bonchev–Trinajstić information content (AvgIpc) is 2.61. The van der Waals surface area contributed by atoms with Crippen LogP contribution in [-0.4, -0.2) is 37.9 Å². The van der Waals surface area contributed by atoms with Crippen LogP contribution < -0.4 is 10.9 Å². The molecular weight excluding hydrogens is 448 g/mol. The summed E-state index contributed by atoms with van der Waals surface area (Å²) in [6, 6.07) is 11.9. The minimum atomic E-state index is -4.39. The van der Waals surface area contributed by atoms with Crippen LogP contribution >= 0.6 is 15.9 Å². The summed E-state index contributed by atoms with van der Waals surface area (Å²) in [7, 11) is -8.38. The van der Waals surface area contributed by atoms with Gasteiger partial charge < -0.3 is 0 Å². The van der Waals surface area contributed by atoms with E-state index in [0.717, 1.165) is 12.1 Å². The van der Waals surface area contributed by atoms with Crippen molar-refractivity contribution in [2.45, 2.75) is 15.0 Å². The number of halogens is 1. The van der Waals surface area contributed by atoms with Crippen molar-refractivity contribution in [1.82, 2.24) is 0 Å². The number of hydrogen-bond acceptors (Lipinski definition) is 6. The van der Waals surface area contributed by atoms with Crippen LogP contribution in [0, 0.1) is 0 Å². The number of hydrogen-bond donors (Lipinski definition) is 2. The van der Waals surface area contributed by atoms with Crippen LogP contribution in [0.1, 0.15) is 0 Å². The second-order valence-electron chi connectivity index (χ2n) is 5.18. The molecule has 3 N–H and O–H groups in total. The summed E-state index contributed by atoms with van der Waals surface area (Å²) in [5.41, 5.74) is 0.0663. The second kappa shape index (κ2) is 7.84. The van der Waals surface area contributed by atoms with E-state index >= 15 is 0 Å². The summed E-state index contributed by atoms with van der Waals surface area (Å²) >= 11 is 3.03. The molecule has 0 radical (unpaired) electrons. The maximum Gasteiger partial charge on any atom is 0.294 e. The molecule has 0 bridgehead atoms. The lowest BCUT2D eigenvalue weighted by molar-refractivity contribution is -0.117. The predicted octanol–water partition coefficient (Wildman–Crippen LogP) is 1.38. The van der Waals surface area contributed by atoms with Gasteiger partial charge in [-0.25, -0.2) is 19.3 Å². The summed E-state index contributed by atoms with van der Waals surface area (Å²) in [6.07, 6.45) is 0. The molecule has 26 heavy (non-hydrogen) atoms. The minimum absolute atomic E-state index is 0.0204. The van der Waals surface area contributed by atoms with Gasteiger partial charge in [0.15, 0.2) is 15.1 Å². The minimum Gasteiger partial charge on any atom is -0.282 e. The molecule has 2 rings (SSSR count). The monoisotopic (exact) mass is 462 g/mol. The second-order valence-corrected chi connectivity index (χ2v) is 9.38. The van der Waals surface area contributed by atoms with Crippen molar-refractivity contribution in [2.75, 3.05) is 10.3 Å². The van der Waals surface area contributed by atoms with Gasteiger partial charge in [0.1, 0.15) is 0 Å². The molecule has 0 aromatic heterocycles. The molecule has 8 nitrogen and oxygen atoms in total. The van der Waals surface area contributed by atoms with Crippen molar-refractivity contribution in [3.63, 3.8) is 0 Å². The van der Waals surface area contributed by atoms with Gasteiger partial charge in [-0.2, -0.15) is 8.42 Å². The predicted molar refractivity (Wildman–Crippen MR) is 99.1 cm³/mol. The van der Waals surface area contributed by atoms with E-state index in [0.29, 0.717) is 5.01 Å². The summed E-state index contributed by atoms with van der Waals surface area (Å²) in [5, 5.41) is -1.03. The number of nitrogens with two attached hydrogens (primary N) is 1. The van der Waals surface area contributed by atoms with Gasteiger partial charge in [-0.15, -0.1) is 0 Å². The molecule has 140 valence electrons. The number of anilines is 1. The summed E-state index contributed by atoms with van der Waals surface area (Å²) in [5.74, 6) is 4.84. The fraction of sp³-hybridized carbons (Fsp3) is 0.133. The number of alkyl halides is 1. The van der Waals surface area contributed by atoms with Gasteiger partial charge in [0.2, 0.25) is 0 Å². The third kappa shape index (κ3) is 4.30. The first-order chi connectivity index (χ1) is 12.1. The van der Waals surface area contributed by atoms with E-state index in [1.165, 1.54) is 36.4 Å². The summed E-state index contributed by atoms with van der Waals surface area (Å²) in [4.78, 5) is 12.2. The van der Waals surface area contributed by atoms with Gasteiger partial charge in [0.25, 0.3) is 16.0 Å². The molecule has 1 atom stereocenters. The van der Waals surface area contributed by atoms with E-state index < -0.39 is 31.1 Å². The number of sulfone groups is 1. The van der Waals surface area contributed by atoms with Crippen molar-refractivity contribution < 1.29 is 26.2 Å². The van der Waals surface area contributed by atoms with Crippen LogP contribution in [0.5, 0.6) is 0 Å². The number of rotatable bonds is 6. The zero-order chi connectivity index (χ0) is 19.5. The first-order valence-corrected chi connectivity index (χ1v) is 11.2. The SMILES string of the molecule is NN(C(=O)C(CBr)S(=O)(=O)c1ccccc1)c1ccc(S(=O)(=O)O)cc1. The fourth-order valence-electron chi connectivity index (χ4n) is 2.12. The fourth-order valence-corrected chi connectivity index (χ4v) is 5.33. The van der Waals surface area contributed by atoms with E-state index in [-0.39, 0.29) is 20.8 Å². The van der Waals surface area contributed by atoms with Gasteiger partial charge in [-0.05, 0) is 36.4 Å². The van der Waals surface area contributed by atoms with Gasteiger partial charge in [-0.3, -0.25) is 9.35 Å². The Morgan fingerprint density at radius 1 is 1.00 bits per heavy atom. The maximum atomic E-state index is 12.7. The third-order valence-corrected chi connectivity index (χ3v) is 7.50. The van der Waals surface area contributed by atoms with Crippen molar-refractivity contribution in [3.05, 3.63) is 54.6 Å². The normalized spacial score (nSPS) is 13.2. The van der Waals surface area contributed by atoms with Gasteiger partial charge in [-0.1, -0.05) is 34.1 Å². The number of amides is 1. The first-order valence-electron chi connectivity index (χ1n) is 7.10. The molecule has 0 aliphatic rings. The number of benzene rings is 2. The Morgan fingerprint density at radius 3 is 2.00 bits per heavy atom. The Morgan fingerprint density at radius 2 is 1.54 bits per heavy atom. The highest BCUT2D eigenvalue weighted by molar-refractivity contribution is 9.09. The molecule has 1 amide bonds. The Balaban J connectivity index is 2.33. The number of hydrazine groups is 1. The number of carbonyl (C=O) groups is 1. The topological polar surface area (TPSA) is 135 Å². The largest absolute Gasteiger partial charge is 0.294 e. The van der Waals surface area contributed by atoms with Crippen LogP contribution in [0.2, 0.25) is 0 Å². The number of nitrogens with zero attached hydrogens (tertiary/aromatic N) is 1. The molecule has 0 aliphatic carbocycles. The maximum absolute atomic E-state index is 12.7. The molecule has 0 heterocycles. The quantitative estimate of drug-likeness (QED) is 0.217. The van der Waals surface area contributed by atoms with Crippen molar-refractivity contribution in [3.8, 4) is 0 Å². The van der Waals surface area contributed by atoms with Crippen LogP contribution in [0.25, 0.3) is 0 Å². The molecule has 2 aromatic carbocycles. The third-order valence-electron chi connectivity index (χ3n) is 3.51. The summed E-state index contributed by atoms with van der Waals surface area (Å²) in [6.45, 7) is 0. The molecule has 0 fully saturated rings. The molecule has 1 unspecified atom stereocenters. The van der Waals surface area contributed by atoms with Gasteiger partial charge >= 0.3 is 0 Å². The molecule has 0 saturated carbocycles. The zero-order valence-corrected chi connectivity index (χ0v) is 16.4. The Hall–Kier alpha value is -1.79.